The lowest BCUT2D eigenvalue weighted by Gasteiger charge is -2.07. The summed E-state index contributed by atoms with van der Waals surface area (Å²) < 4.78 is 0. The Balaban J connectivity index is 2.17. The molecule has 0 atom stereocenters. The zero-order chi connectivity index (χ0) is 20.5. The summed E-state index contributed by atoms with van der Waals surface area (Å²) in [4.78, 5) is 32.7. The van der Waals surface area contributed by atoms with Gasteiger partial charge in [0, 0.05) is 11.6 Å². The van der Waals surface area contributed by atoms with Crippen LogP contribution in [-0.2, 0) is 11.2 Å². The van der Waals surface area contributed by atoms with Gasteiger partial charge in [-0.3, -0.25) is 25.0 Å². The van der Waals surface area contributed by atoms with Gasteiger partial charge in [0.25, 0.3) is 11.4 Å². The van der Waals surface area contributed by atoms with E-state index in [0.29, 0.717) is 12.1 Å². The molecule has 2 aromatic carbocycles. The van der Waals surface area contributed by atoms with Crippen LogP contribution in [0.5, 0.6) is 0 Å². The number of hydrogen-bond acceptors (Lipinski definition) is 6. The molecule has 0 unspecified atom stereocenters. The van der Waals surface area contributed by atoms with Crippen molar-refractivity contribution in [2.24, 2.45) is 5.10 Å². The molecule has 0 aliphatic carbocycles. The average Bonchev–Trinajstić information content (AvgIpc) is 2.68. The number of hydrazone groups is 1. The average molecular weight is 384 g/mol. The lowest BCUT2D eigenvalue weighted by molar-refractivity contribution is -0.394. The fraction of sp³-hybridized carbons (Fsp3) is 0.263. The number of hydrogen-bond donors (Lipinski definition) is 1. The molecule has 0 saturated heterocycles. The summed E-state index contributed by atoms with van der Waals surface area (Å²) in [5, 5.41) is 26.2. The van der Waals surface area contributed by atoms with Crippen LogP contribution in [-0.4, -0.2) is 21.5 Å². The van der Waals surface area contributed by atoms with Gasteiger partial charge in [0.15, 0.2) is 0 Å². The Morgan fingerprint density at radius 2 is 1.79 bits per heavy atom. The molecule has 0 saturated carbocycles. The van der Waals surface area contributed by atoms with Crippen LogP contribution >= 0.6 is 0 Å². The van der Waals surface area contributed by atoms with E-state index in [1.807, 2.05) is 30.3 Å². The zero-order valence-electron chi connectivity index (χ0n) is 15.3. The molecule has 146 valence electrons. The number of non-ortho nitro benzene ring substituents is 1. The number of amides is 1. The molecule has 2 rings (SSSR count). The van der Waals surface area contributed by atoms with E-state index in [9.17, 15) is 25.0 Å². The van der Waals surface area contributed by atoms with Crippen molar-refractivity contribution in [3.05, 3.63) is 79.9 Å². The smallest absolute Gasteiger partial charge is 0.273 e. The zero-order valence-corrected chi connectivity index (χ0v) is 15.3. The van der Waals surface area contributed by atoms with Gasteiger partial charge in [-0.05, 0) is 24.5 Å². The second-order valence-electron chi connectivity index (χ2n) is 6.07. The first-order chi connectivity index (χ1) is 13.4. The molecule has 0 aliphatic rings. The number of rotatable bonds is 9. The molecule has 9 heteroatoms. The summed E-state index contributed by atoms with van der Waals surface area (Å²) in [7, 11) is 0. The van der Waals surface area contributed by atoms with Crippen LogP contribution in [0.2, 0.25) is 0 Å². The van der Waals surface area contributed by atoms with Crippen molar-refractivity contribution in [3.8, 4) is 0 Å². The standard InChI is InChI=1S/C19H20N4O5/c1-2-3-9-17(14-7-5-4-6-8-14)20-21-19(24)12-15-10-11-16(22(25)26)13-18(15)23(27)28/h4-8,10-11,13H,2-3,9,12H2,1H3,(H,21,24)/b20-17-. The van der Waals surface area contributed by atoms with Gasteiger partial charge in [-0.2, -0.15) is 5.10 Å². The van der Waals surface area contributed by atoms with Gasteiger partial charge in [-0.25, -0.2) is 5.43 Å². The van der Waals surface area contributed by atoms with Gasteiger partial charge < -0.3 is 0 Å². The minimum absolute atomic E-state index is 0.0816. The monoisotopic (exact) mass is 384 g/mol. The van der Waals surface area contributed by atoms with Crippen LogP contribution < -0.4 is 5.43 Å². The van der Waals surface area contributed by atoms with Crippen molar-refractivity contribution in [2.45, 2.75) is 32.6 Å². The number of nitro groups is 2. The molecule has 0 aliphatic heterocycles. The molecule has 1 N–H and O–H groups in total. The number of nitrogens with zero attached hydrogens (tertiary/aromatic N) is 3. The van der Waals surface area contributed by atoms with Crippen molar-refractivity contribution in [1.82, 2.24) is 5.43 Å². The number of nitro benzene ring substituents is 2. The molecule has 0 spiro atoms. The van der Waals surface area contributed by atoms with E-state index in [4.69, 9.17) is 0 Å². The largest absolute Gasteiger partial charge is 0.279 e. The summed E-state index contributed by atoms with van der Waals surface area (Å²) >= 11 is 0. The van der Waals surface area contributed by atoms with Crippen LogP contribution in [0.1, 0.15) is 37.3 Å². The second-order valence-corrected chi connectivity index (χ2v) is 6.07. The van der Waals surface area contributed by atoms with E-state index in [1.54, 1.807) is 0 Å². The van der Waals surface area contributed by atoms with Gasteiger partial charge in [0.1, 0.15) is 0 Å². The Hall–Kier alpha value is -3.62. The third-order valence-corrected chi connectivity index (χ3v) is 4.02. The predicted molar refractivity (Wildman–Crippen MR) is 104 cm³/mol. The maximum absolute atomic E-state index is 12.2. The highest BCUT2D eigenvalue weighted by molar-refractivity contribution is 6.01. The molecule has 0 aromatic heterocycles. The van der Waals surface area contributed by atoms with Gasteiger partial charge in [0.2, 0.25) is 5.91 Å². The number of benzene rings is 2. The third-order valence-electron chi connectivity index (χ3n) is 4.02. The topological polar surface area (TPSA) is 128 Å². The molecule has 0 radical (unpaired) electrons. The molecule has 2 aromatic rings. The Morgan fingerprint density at radius 1 is 1.07 bits per heavy atom. The molecular weight excluding hydrogens is 364 g/mol. The lowest BCUT2D eigenvalue weighted by atomic mass is 10.1. The van der Waals surface area contributed by atoms with Crippen LogP contribution in [0.25, 0.3) is 0 Å². The first kappa shape index (κ1) is 20.7. The van der Waals surface area contributed by atoms with Gasteiger partial charge in [0.05, 0.1) is 28.0 Å². The molecule has 0 heterocycles. The number of unbranched alkanes of at least 4 members (excludes halogenated alkanes) is 1. The highest BCUT2D eigenvalue weighted by atomic mass is 16.6. The van der Waals surface area contributed by atoms with Crippen molar-refractivity contribution in [1.29, 1.82) is 0 Å². The minimum Gasteiger partial charge on any atom is -0.273 e. The summed E-state index contributed by atoms with van der Waals surface area (Å²) in [5.41, 5.74) is 3.25. The Bertz CT molecular complexity index is 896. The molecule has 0 bridgehead atoms. The highest BCUT2D eigenvalue weighted by Gasteiger charge is 2.21. The van der Waals surface area contributed by atoms with Crippen LogP contribution in [0.15, 0.2) is 53.6 Å². The van der Waals surface area contributed by atoms with Crippen molar-refractivity contribution < 1.29 is 14.6 Å². The second kappa shape index (κ2) is 9.91. The molecular formula is C19H20N4O5. The highest BCUT2D eigenvalue weighted by Crippen LogP contribution is 2.25. The summed E-state index contributed by atoms with van der Waals surface area (Å²) in [6, 6.07) is 12.6. The molecule has 9 nitrogen and oxygen atoms in total. The summed E-state index contributed by atoms with van der Waals surface area (Å²) in [6.07, 6.45) is 2.23. The SMILES string of the molecule is CCCC/C(=N/NC(=O)Cc1ccc([N+](=O)[O-])cc1[N+](=O)[O-])c1ccccc1. The molecule has 28 heavy (non-hydrogen) atoms. The Labute approximate surface area is 161 Å². The van der Waals surface area contributed by atoms with Crippen LogP contribution in [0, 0.1) is 20.2 Å². The van der Waals surface area contributed by atoms with E-state index in [1.165, 1.54) is 6.07 Å². The number of nitrogens with one attached hydrogen (secondary N) is 1. The Morgan fingerprint density at radius 3 is 2.39 bits per heavy atom. The van der Waals surface area contributed by atoms with E-state index in [-0.39, 0.29) is 12.0 Å². The van der Waals surface area contributed by atoms with Gasteiger partial charge in [-0.1, -0.05) is 43.7 Å². The van der Waals surface area contributed by atoms with Crippen molar-refractivity contribution in [2.75, 3.05) is 0 Å². The van der Waals surface area contributed by atoms with Gasteiger partial charge in [-0.15, -0.1) is 0 Å². The van der Waals surface area contributed by atoms with Crippen LogP contribution in [0.3, 0.4) is 0 Å². The number of carbonyl (C=O) groups is 1. The maximum atomic E-state index is 12.2. The third kappa shape index (κ3) is 5.70. The molecule has 1 amide bonds. The Kier molecular flexibility index (Phi) is 7.32. The van der Waals surface area contributed by atoms with E-state index >= 15 is 0 Å². The molecule has 0 fully saturated rings. The number of carbonyl (C=O) groups excluding carboxylic acids is 1. The van der Waals surface area contributed by atoms with Crippen LogP contribution in [0.4, 0.5) is 11.4 Å². The maximum Gasteiger partial charge on any atom is 0.279 e. The van der Waals surface area contributed by atoms with Gasteiger partial charge >= 0.3 is 0 Å². The minimum atomic E-state index is -0.741. The van der Waals surface area contributed by atoms with Crippen molar-refractivity contribution >= 4 is 23.0 Å². The van der Waals surface area contributed by atoms with E-state index in [0.717, 1.165) is 30.5 Å². The first-order valence-electron chi connectivity index (χ1n) is 8.75. The first-order valence-corrected chi connectivity index (χ1v) is 8.75. The quantitative estimate of drug-likeness (QED) is 0.400. The lowest BCUT2D eigenvalue weighted by Crippen LogP contribution is -2.22. The predicted octanol–water partition coefficient (Wildman–Crippen LogP) is 3.76. The fourth-order valence-electron chi connectivity index (χ4n) is 2.57. The normalized spacial score (nSPS) is 11.1. The summed E-state index contributed by atoms with van der Waals surface area (Å²) in [5.74, 6) is -0.540. The summed E-state index contributed by atoms with van der Waals surface area (Å²) in [6.45, 7) is 2.05. The fourth-order valence-corrected chi connectivity index (χ4v) is 2.57. The van der Waals surface area contributed by atoms with E-state index in [2.05, 4.69) is 17.5 Å². The van der Waals surface area contributed by atoms with Crippen molar-refractivity contribution in [3.63, 3.8) is 0 Å². The van der Waals surface area contributed by atoms with E-state index < -0.39 is 27.1 Å².